The second-order valence-electron chi connectivity index (χ2n) is 5.77. The van der Waals surface area contributed by atoms with E-state index in [9.17, 15) is 0 Å². The first-order valence-corrected chi connectivity index (χ1v) is 7.99. The Morgan fingerprint density at radius 1 is 1.16 bits per heavy atom. The second-order valence-corrected chi connectivity index (χ2v) is 5.77. The van der Waals surface area contributed by atoms with Gasteiger partial charge in [-0.2, -0.15) is 0 Å². The summed E-state index contributed by atoms with van der Waals surface area (Å²) in [7, 11) is 0. The molecule has 110 valence electrons. The van der Waals surface area contributed by atoms with Crippen LogP contribution in [0.1, 0.15) is 69.8 Å². The second kappa shape index (κ2) is 8.42. The molecule has 0 bridgehead atoms. The molecule has 1 aromatic rings. The van der Waals surface area contributed by atoms with E-state index in [1.165, 1.54) is 49.1 Å². The summed E-state index contributed by atoms with van der Waals surface area (Å²) in [5.74, 6) is 0. The van der Waals surface area contributed by atoms with Crippen molar-refractivity contribution in [1.82, 2.24) is 9.88 Å². The van der Waals surface area contributed by atoms with Crippen LogP contribution in [0.3, 0.4) is 0 Å². The molecule has 1 N–H and O–H groups in total. The molecule has 1 rings (SSSR count). The third-order valence-corrected chi connectivity index (χ3v) is 4.13. The number of unbranched alkanes of at least 4 members (excludes halogenated alkanes) is 3. The van der Waals surface area contributed by atoms with E-state index in [1.54, 1.807) is 0 Å². The lowest BCUT2D eigenvalue weighted by Gasteiger charge is -2.14. The molecule has 0 fully saturated rings. The van der Waals surface area contributed by atoms with Crippen LogP contribution in [-0.4, -0.2) is 10.6 Å². The Morgan fingerprint density at radius 3 is 2.47 bits per heavy atom. The first kappa shape index (κ1) is 16.3. The van der Waals surface area contributed by atoms with E-state index in [0.717, 1.165) is 13.1 Å². The minimum absolute atomic E-state index is 0.626. The summed E-state index contributed by atoms with van der Waals surface area (Å²) in [5, 5.41) is 3.67. The zero-order valence-corrected chi connectivity index (χ0v) is 13.6. The molecule has 0 saturated heterocycles. The maximum absolute atomic E-state index is 3.67. The van der Waals surface area contributed by atoms with Crippen LogP contribution >= 0.6 is 0 Å². The van der Waals surface area contributed by atoms with Gasteiger partial charge in [0.05, 0.1) is 0 Å². The van der Waals surface area contributed by atoms with Crippen molar-refractivity contribution in [3.8, 4) is 0 Å². The molecule has 19 heavy (non-hydrogen) atoms. The van der Waals surface area contributed by atoms with Gasteiger partial charge in [-0.1, -0.05) is 32.6 Å². The molecule has 2 nitrogen and oxygen atoms in total. The predicted octanol–water partition coefficient (Wildman–Crippen LogP) is 4.57. The highest BCUT2D eigenvalue weighted by atomic mass is 15.0. The van der Waals surface area contributed by atoms with Gasteiger partial charge in [-0.05, 0) is 45.7 Å². The molecule has 0 aromatic carbocycles. The molecule has 0 radical (unpaired) electrons. The van der Waals surface area contributed by atoms with Gasteiger partial charge < -0.3 is 9.88 Å². The van der Waals surface area contributed by atoms with Gasteiger partial charge >= 0.3 is 0 Å². The number of rotatable bonds is 9. The first-order valence-electron chi connectivity index (χ1n) is 7.99. The molecule has 2 heteroatoms. The third-order valence-electron chi connectivity index (χ3n) is 4.13. The summed E-state index contributed by atoms with van der Waals surface area (Å²) in [6.07, 6.45) is 6.74. The molecule has 1 heterocycles. The van der Waals surface area contributed by atoms with Crippen LogP contribution in [0.4, 0.5) is 0 Å². The molecule has 0 aliphatic heterocycles. The topological polar surface area (TPSA) is 17.0 Å². The summed E-state index contributed by atoms with van der Waals surface area (Å²) in [4.78, 5) is 0. The van der Waals surface area contributed by atoms with E-state index in [1.807, 2.05) is 0 Å². The van der Waals surface area contributed by atoms with Crippen molar-refractivity contribution >= 4 is 0 Å². The van der Waals surface area contributed by atoms with Crippen LogP contribution in [0.15, 0.2) is 6.07 Å². The fraction of sp³-hybridized carbons (Fsp3) is 0.765. The maximum atomic E-state index is 3.67. The van der Waals surface area contributed by atoms with Crippen LogP contribution in [-0.2, 0) is 13.1 Å². The number of nitrogens with zero attached hydrogens (tertiary/aromatic N) is 1. The fourth-order valence-electron chi connectivity index (χ4n) is 2.80. The first-order chi connectivity index (χ1) is 9.10. The van der Waals surface area contributed by atoms with E-state index in [2.05, 4.69) is 50.6 Å². The van der Waals surface area contributed by atoms with Gasteiger partial charge in [0.2, 0.25) is 0 Å². The van der Waals surface area contributed by atoms with Crippen molar-refractivity contribution in [1.29, 1.82) is 0 Å². The predicted molar refractivity (Wildman–Crippen MR) is 84.6 cm³/mol. The van der Waals surface area contributed by atoms with Crippen molar-refractivity contribution < 1.29 is 0 Å². The largest absolute Gasteiger partial charge is 0.349 e. The molecule has 0 amide bonds. The molecule has 0 aliphatic carbocycles. The lowest BCUT2D eigenvalue weighted by atomic mass is 10.1. The number of hydrogen-bond donors (Lipinski definition) is 1. The Hall–Kier alpha value is -0.760. The van der Waals surface area contributed by atoms with Crippen LogP contribution in [0, 0.1) is 13.8 Å². The summed E-state index contributed by atoms with van der Waals surface area (Å²) in [6, 6.07) is 2.96. The normalized spacial score (nSPS) is 12.9. The van der Waals surface area contributed by atoms with E-state index < -0.39 is 0 Å². The Kier molecular flexibility index (Phi) is 7.22. The van der Waals surface area contributed by atoms with E-state index in [0.29, 0.717) is 6.04 Å². The lowest BCUT2D eigenvalue weighted by molar-refractivity contribution is 0.482. The molecule has 1 unspecified atom stereocenters. The Bertz CT molecular complexity index is 366. The Labute approximate surface area is 119 Å². The van der Waals surface area contributed by atoms with Crippen molar-refractivity contribution in [2.75, 3.05) is 0 Å². The van der Waals surface area contributed by atoms with Crippen LogP contribution in [0.5, 0.6) is 0 Å². The lowest BCUT2D eigenvalue weighted by Crippen LogP contribution is -2.25. The molecular formula is C17H32N2. The van der Waals surface area contributed by atoms with Gasteiger partial charge in [-0.25, -0.2) is 0 Å². The van der Waals surface area contributed by atoms with Gasteiger partial charge in [0, 0.05) is 30.5 Å². The average molecular weight is 264 g/mol. The molecule has 0 saturated carbocycles. The average Bonchev–Trinajstić information content (AvgIpc) is 2.66. The number of aryl methyl sites for hydroxylation is 1. The molecule has 0 aliphatic rings. The van der Waals surface area contributed by atoms with Crippen LogP contribution in [0.2, 0.25) is 0 Å². The van der Waals surface area contributed by atoms with Gasteiger partial charge in [0.15, 0.2) is 0 Å². The summed E-state index contributed by atoms with van der Waals surface area (Å²) in [5.41, 5.74) is 4.26. The Balaban J connectivity index is 2.35. The maximum Gasteiger partial charge on any atom is 0.0225 e. The summed E-state index contributed by atoms with van der Waals surface area (Å²) >= 11 is 0. The monoisotopic (exact) mass is 264 g/mol. The quantitative estimate of drug-likeness (QED) is 0.646. The molecular weight excluding hydrogens is 232 g/mol. The number of aromatic nitrogens is 1. The highest BCUT2D eigenvalue weighted by Gasteiger charge is 2.08. The highest BCUT2D eigenvalue weighted by Crippen LogP contribution is 2.15. The van der Waals surface area contributed by atoms with E-state index >= 15 is 0 Å². The van der Waals surface area contributed by atoms with Crippen LogP contribution < -0.4 is 5.32 Å². The summed E-state index contributed by atoms with van der Waals surface area (Å²) < 4.78 is 2.39. The zero-order valence-electron chi connectivity index (χ0n) is 13.6. The summed E-state index contributed by atoms with van der Waals surface area (Å²) in [6.45, 7) is 13.3. The van der Waals surface area contributed by atoms with Crippen molar-refractivity contribution in [3.05, 3.63) is 23.0 Å². The third kappa shape index (κ3) is 5.02. The Morgan fingerprint density at radius 2 is 1.89 bits per heavy atom. The minimum atomic E-state index is 0.626. The van der Waals surface area contributed by atoms with Crippen LogP contribution in [0.25, 0.3) is 0 Å². The standard InChI is InChI=1S/C17H32N2/c1-6-8-9-10-11-14(3)18-13-17-12-15(4)19(7-2)16(17)5/h12,14,18H,6-11,13H2,1-5H3. The van der Waals surface area contributed by atoms with Gasteiger partial charge in [0.1, 0.15) is 0 Å². The van der Waals surface area contributed by atoms with Crippen molar-refractivity contribution in [2.24, 2.45) is 0 Å². The van der Waals surface area contributed by atoms with E-state index in [4.69, 9.17) is 0 Å². The van der Waals surface area contributed by atoms with Crippen molar-refractivity contribution in [2.45, 2.75) is 85.9 Å². The van der Waals surface area contributed by atoms with E-state index in [-0.39, 0.29) is 0 Å². The zero-order chi connectivity index (χ0) is 14.3. The van der Waals surface area contributed by atoms with Gasteiger partial charge in [0.25, 0.3) is 0 Å². The molecule has 1 aromatic heterocycles. The fourth-order valence-corrected chi connectivity index (χ4v) is 2.80. The van der Waals surface area contributed by atoms with Gasteiger partial charge in [-0.15, -0.1) is 0 Å². The SMILES string of the molecule is CCCCCCC(C)NCc1cc(C)n(CC)c1C. The van der Waals surface area contributed by atoms with Gasteiger partial charge in [-0.3, -0.25) is 0 Å². The molecule has 1 atom stereocenters. The van der Waals surface area contributed by atoms with Crippen molar-refractivity contribution in [3.63, 3.8) is 0 Å². The number of nitrogens with one attached hydrogen (secondary N) is 1. The minimum Gasteiger partial charge on any atom is -0.349 e. The number of hydrogen-bond acceptors (Lipinski definition) is 1. The molecule has 0 spiro atoms. The highest BCUT2D eigenvalue weighted by molar-refractivity contribution is 5.26. The smallest absolute Gasteiger partial charge is 0.0225 e.